The van der Waals surface area contributed by atoms with E-state index >= 15 is 0 Å². The number of hydrogen-bond donors (Lipinski definition) is 1. The Morgan fingerprint density at radius 2 is 1.76 bits per heavy atom. The minimum absolute atomic E-state index is 0.799. The third-order valence-corrected chi connectivity index (χ3v) is 4.86. The highest BCUT2D eigenvalue weighted by molar-refractivity contribution is 7.98. The Bertz CT molecular complexity index is 715. The van der Waals surface area contributed by atoms with Gasteiger partial charge in [-0.05, 0) is 36.1 Å². The standard InChI is InChI=1S/C17H16N2S2/c1-20-15-8-4-13(5-9-15)16-11-21-17(19-16)10-12-2-6-14(18)7-3-12/h2-9,11H,10,18H2,1H3. The van der Waals surface area contributed by atoms with Gasteiger partial charge in [0, 0.05) is 27.9 Å². The van der Waals surface area contributed by atoms with Crippen LogP contribution in [0.4, 0.5) is 5.69 Å². The number of thiazole rings is 1. The Morgan fingerprint density at radius 3 is 2.43 bits per heavy atom. The van der Waals surface area contributed by atoms with Crippen LogP contribution < -0.4 is 5.73 Å². The van der Waals surface area contributed by atoms with E-state index in [4.69, 9.17) is 10.7 Å². The Balaban J connectivity index is 1.77. The number of aromatic nitrogens is 1. The summed E-state index contributed by atoms with van der Waals surface area (Å²) in [5.41, 5.74) is 9.97. The zero-order chi connectivity index (χ0) is 14.7. The highest BCUT2D eigenvalue weighted by Gasteiger charge is 2.05. The van der Waals surface area contributed by atoms with Crippen LogP contribution in [-0.2, 0) is 6.42 Å². The molecule has 0 unspecified atom stereocenters. The highest BCUT2D eigenvalue weighted by Crippen LogP contribution is 2.25. The summed E-state index contributed by atoms with van der Waals surface area (Å²) in [6.45, 7) is 0. The molecule has 0 aliphatic carbocycles. The average molecular weight is 312 g/mol. The fourth-order valence-corrected chi connectivity index (χ4v) is 3.34. The molecule has 0 radical (unpaired) electrons. The van der Waals surface area contributed by atoms with E-state index in [2.05, 4.69) is 48.0 Å². The quantitative estimate of drug-likeness (QED) is 0.560. The molecule has 21 heavy (non-hydrogen) atoms. The molecule has 0 bridgehead atoms. The van der Waals surface area contributed by atoms with Crippen molar-refractivity contribution in [1.82, 2.24) is 4.98 Å². The predicted molar refractivity (Wildman–Crippen MR) is 93.0 cm³/mol. The lowest BCUT2D eigenvalue weighted by atomic mass is 10.1. The summed E-state index contributed by atoms with van der Waals surface area (Å²) in [7, 11) is 0. The second-order valence-corrected chi connectivity index (χ2v) is 6.60. The molecule has 2 N–H and O–H groups in total. The first-order valence-electron chi connectivity index (χ1n) is 6.68. The van der Waals surface area contributed by atoms with Crippen molar-refractivity contribution in [2.24, 2.45) is 0 Å². The summed E-state index contributed by atoms with van der Waals surface area (Å²) < 4.78 is 0. The van der Waals surface area contributed by atoms with Gasteiger partial charge in [-0.2, -0.15) is 0 Å². The molecular weight excluding hydrogens is 296 g/mol. The molecule has 0 fully saturated rings. The maximum atomic E-state index is 5.71. The number of nitrogens with zero attached hydrogens (tertiary/aromatic N) is 1. The Hall–Kier alpha value is -1.78. The Morgan fingerprint density at radius 1 is 1.05 bits per heavy atom. The van der Waals surface area contributed by atoms with Gasteiger partial charge in [-0.25, -0.2) is 4.98 Å². The number of benzene rings is 2. The topological polar surface area (TPSA) is 38.9 Å². The lowest BCUT2D eigenvalue weighted by Crippen LogP contribution is -1.89. The Kier molecular flexibility index (Phi) is 4.27. The number of rotatable bonds is 4. The molecule has 1 heterocycles. The Labute approximate surface area is 133 Å². The number of hydrogen-bond acceptors (Lipinski definition) is 4. The second kappa shape index (κ2) is 6.33. The van der Waals surface area contributed by atoms with E-state index in [1.54, 1.807) is 23.1 Å². The van der Waals surface area contributed by atoms with Gasteiger partial charge >= 0.3 is 0 Å². The summed E-state index contributed by atoms with van der Waals surface area (Å²) in [5.74, 6) is 0. The van der Waals surface area contributed by atoms with Gasteiger partial charge in [0.25, 0.3) is 0 Å². The van der Waals surface area contributed by atoms with Crippen molar-refractivity contribution in [2.75, 3.05) is 12.0 Å². The van der Waals surface area contributed by atoms with E-state index in [0.717, 1.165) is 22.8 Å². The first kappa shape index (κ1) is 14.2. The molecule has 0 spiro atoms. The monoisotopic (exact) mass is 312 g/mol. The molecule has 0 aliphatic heterocycles. The summed E-state index contributed by atoms with van der Waals surface area (Å²) in [6, 6.07) is 16.5. The van der Waals surface area contributed by atoms with Crippen LogP contribution in [0, 0.1) is 0 Å². The van der Waals surface area contributed by atoms with Crippen molar-refractivity contribution in [3.8, 4) is 11.3 Å². The number of nitrogen functional groups attached to an aromatic ring is 1. The smallest absolute Gasteiger partial charge is 0.0976 e. The molecule has 2 nitrogen and oxygen atoms in total. The van der Waals surface area contributed by atoms with E-state index in [9.17, 15) is 0 Å². The van der Waals surface area contributed by atoms with Crippen molar-refractivity contribution in [3.05, 3.63) is 64.5 Å². The van der Waals surface area contributed by atoms with Crippen LogP contribution >= 0.6 is 23.1 Å². The molecule has 0 amide bonds. The van der Waals surface area contributed by atoms with Gasteiger partial charge in [0.1, 0.15) is 0 Å². The van der Waals surface area contributed by atoms with Crippen LogP contribution in [0.5, 0.6) is 0 Å². The van der Waals surface area contributed by atoms with Gasteiger partial charge in [-0.3, -0.25) is 0 Å². The van der Waals surface area contributed by atoms with Gasteiger partial charge in [0.2, 0.25) is 0 Å². The van der Waals surface area contributed by atoms with Gasteiger partial charge in [0.05, 0.1) is 10.7 Å². The molecular formula is C17H16N2S2. The fraction of sp³-hybridized carbons (Fsp3) is 0.118. The highest BCUT2D eigenvalue weighted by atomic mass is 32.2. The van der Waals surface area contributed by atoms with Crippen LogP contribution in [0.25, 0.3) is 11.3 Å². The molecule has 1 aromatic heterocycles. The van der Waals surface area contributed by atoms with E-state index in [1.165, 1.54) is 16.0 Å². The molecule has 0 saturated heterocycles. The number of thioether (sulfide) groups is 1. The first-order valence-corrected chi connectivity index (χ1v) is 8.78. The summed E-state index contributed by atoms with van der Waals surface area (Å²) in [5, 5.41) is 3.25. The molecule has 106 valence electrons. The summed E-state index contributed by atoms with van der Waals surface area (Å²) >= 11 is 3.46. The van der Waals surface area contributed by atoms with Crippen LogP contribution in [0.3, 0.4) is 0 Å². The molecule has 3 aromatic rings. The lowest BCUT2D eigenvalue weighted by Gasteiger charge is -2.00. The van der Waals surface area contributed by atoms with Crippen molar-refractivity contribution in [1.29, 1.82) is 0 Å². The summed E-state index contributed by atoms with van der Waals surface area (Å²) in [6.07, 6.45) is 2.94. The minimum atomic E-state index is 0.799. The van der Waals surface area contributed by atoms with E-state index < -0.39 is 0 Å². The zero-order valence-corrected chi connectivity index (χ0v) is 13.4. The fourth-order valence-electron chi connectivity index (χ4n) is 2.10. The van der Waals surface area contributed by atoms with Crippen molar-refractivity contribution in [3.63, 3.8) is 0 Å². The van der Waals surface area contributed by atoms with Crippen LogP contribution in [0.15, 0.2) is 58.8 Å². The third kappa shape index (κ3) is 3.46. The van der Waals surface area contributed by atoms with E-state index in [1.807, 2.05) is 12.1 Å². The van der Waals surface area contributed by atoms with Gasteiger partial charge in [-0.15, -0.1) is 23.1 Å². The minimum Gasteiger partial charge on any atom is -0.399 e. The van der Waals surface area contributed by atoms with Crippen molar-refractivity contribution < 1.29 is 0 Å². The molecule has 0 atom stereocenters. The predicted octanol–water partition coefficient (Wildman–Crippen LogP) is 4.71. The molecule has 3 rings (SSSR count). The van der Waals surface area contributed by atoms with E-state index in [-0.39, 0.29) is 0 Å². The normalized spacial score (nSPS) is 10.7. The van der Waals surface area contributed by atoms with Crippen LogP contribution in [-0.4, -0.2) is 11.2 Å². The van der Waals surface area contributed by atoms with Gasteiger partial charge in [0.15, 0.2) is 0 Å². The first-order chi connectivity index (χ1) is 10.2. The van der Waals surface area contributed by atoms with Crippen molar-refractivity contribution in [2.45, 2.75) is 11.3 Å². The van der Waals surface area contributed by atoms with Gasteiger partial charge < -0.3 is 5.73 Å². The number of nitrogens with two attached hydrogens (primary N) is 1. The average Bonchev–Trinajstić information content (AvgIpc) is 2.98. The molecule has 4 heteroatoms. The lowest BCUT2D eigenvalue weighted by molar-refractivity contribution is 1.14. The van der Waals surface area contributed by atoms with Crippen LogP contribution in [0.1, 0.15) is 10.6 Å². The molecule has 0 aliphatic rings. The zero-order valence-electron chi connectivity index (χ0n) is 11.7. The largest absolute Gasteiger partial charge is 0.399 e. The third-order valence-electron chi connectivity index (χ3n) is 3.27. The molecule has 2 aromatic carbocycles. The van der Waals surface area contributed by atoms with Crippen LogP contribution in [0.2, 0.25) is 0 Å². The maximum Gasteiger partial charge on any atom is 0.0976 e. The molecule has 0 saturated carbocycles. The second-order valence-electron chi connectivity index (χ2n) is 4.77. The SMILES string of the molecule is CSc1ccc(-c2csc(Cc3ccc(N)cc3)n2)cc1. The van der Waals surface area contributed by atoms with Crippen molar-refractivity contribution >= 4 is 28.8 Å². The van der Waals surface area contributed by atoms with E-state index in [0.29, 0.717) is 0 Å². The summed E-state index contributed by atoms with van der Waals surface area (Å²) in [4.78, 5) is 6.01. The maximum absolute atomic E-state index is 5.71. The number of anilines is 1. The van der Waals surface area contributed by atoms with Gasteiger partial charge in [-0.1, -0.05) is 24.3 Å².